The van der Waals surface area contributed by atoms with Crippen molar-refractivity contribution in [1.82, 2.24) is 0 Å². The lowest BCUT2D eigenvalue weighted by Gasteiger charge is -2.32. The molecule has 3 heteroatoms. The maximum Gasteiger partial charge on any atom is 0.123 e. The van der Waals surface area contributed by atoms with Crippen LogP contribution in [0.3, 0.4) is 0 Å². The molecule has 1 saturated carbocycles. The molecule has 0 heterocycles. The van der Waals surface area contributed by atoms with Gasteiger partial charge in [-0.3, -0.25) is 0 Å². The van der Waals surface area contributed by atoms with Crippen LogP contribution in [0.2, 0.25) is 0 Å². The van der Waals surface area contributed by atoms with Gasteiger partial charge in [-0.15, -0.1) is 0 Å². The number of unbranched alkanes of at least 4 members (excludes halogenated alkanes) is 3. The molecule has 0 bridgehead atoms. The Morgan fingerprint density at radius 2 is 1.92 bits per heavy atom. The topological polar surface area (TPSA) is 49.7 Å². The molecule has 1 aliphatic rings. The van der Waals surface area contributed by atoms with E-state index in [1.54, 1.807) is 6.07 Å². The Hall–Kier alpha value is -1.22. The minimum absolute atomic E-state index is 0.184. The third-order valence-electron chi connectivity index (χ3n) is 5.84. The number of ether oxygens (including phenoxy) is 1. The molecule has 3 unspecified atom stereocenters. The first-order chi connectivity index (χ1) is 12.7. The quantitative estimate of drug-likeness (QED) is 0.462. The van der Waals surface area contributed by atoms with Crippen LogP contribution in [0.15, 0.2) is 18.2 Å². The van der Waals surface area contributed by atoms with E-state index in [4.69, 9.17) is 9.84 Å². The van der Waals surface area contributed by atoms with Crippen molar-refractivity contribution in [3.8, 4) is 11.5 Å². The Labute approximate surface area is 159 Å². The third kappa shape index (κ3) is 6.50. The second kappa shape index (κ2) is 11.5. The molecular weight excluding hydrogens is 324 g/mol. The summed E-state index contributed by atoms with van der Waals surface area (Å²) in [6, 6.07) is 5.89. The Morgan fingerprint density at radius 3 is 2.65 bits per heavy atom. The smallest absolute Gasteiger partial charge is 0.123 e. The van der Waals surface area contributed by atoms with Gasteiger partial charge in [0.2, 0.25) is 0 Å². The predicted molar refractivity (Wildman–Crippen MR) is 108 cm³/mol. The van der Waals surface area contributed by atoms with E-state index in [-0.39, 0.29) is 12.7 Å². The molecule has 1 aromatic carbocycles. The van der Waals surface area contributed by atoms with Gasteiger partial charge in [-0.1, -0.05) is 45.1 Å². The van der Waals surface area contributed by atoms with E-state index in [2.05, 4.69) is 19.9 Å². The van der Waals surface area contributed by atoms with Crippen molar-refractivity contribution < 1.29 is 14.9 Å². The largest absolute Gasteiger partial charge is 0.508 e. The molecule has 0 aromatic heterocycles. The van der Waals surface area contributed by atoms with Crippen molar-refractivity contribution in [2.24, 2.45) is 5.92 Å². The lowest BCUT2D eigenvalue weighted by molar-refractivity contribution is 0.205. The van der Waals surface area contributed by atoms with Gasteiger partial charge in [-0.2, -0.15) is 0 Å². The van der Waals surface area contributed by atoms with E-state index >= 15 is 0 Å². The Balaban J connectivity index is 1.95. The van der Waals surface area contributed by atoms with Crippen molar-refractivity contribution in [3.63, 3.8) is 0 Å². The molecule has 1 aromatic rings. The number of phenols is 1. The van der Waals surface area contributed by atoms with Crippen LogP contribution in [-0.2, 0) is 0 Å². The molecule has 2 rings (SSSR count). The minimum Gasteiger partial charge on any atom is -0.508 e. The summed E-state index contributed by atoms with van der Waals surface area (Å²) in [6.45, 7) is 4.60. The Morgan fingerprint density at radius 1 is 1.12 bits per heavy atom. The molecule has 2 N–H and O–H groups in total. The molecule has 3 nitrogen and oxygen atoms in total. The Kier molecular flexibility index (Phi) is 9.31. The number of aliphatic hydroxyl groups excluding tert-OH is 1. The summed E-state index contributed by atoms with van der Waals surface area (Å²) in [5, 5.41) is 19.8. The van der Waals surface area contributed by atoms with Gasteiger partial charge in [0.15, 0.2) is 0 Å². The van der Waals surface area contributed by atoms with E-state index in [0.29, 0.717) is 17.6 Å². The molecule has 148 valence electrons. The molecule has 0 radical (unpaired) electrons. The lowest BCUT2D eigenvalue weighted by atomic mass is 9.73. The van der Waals surface area contributed by atoms with Crippen LogP contribution in [0.5, 0.6) is 11.5 Å². The second-order valence-electron chi connectivity index (χ2n) is 8.02. The van der Waals surface area contributed by atoms with Gasteiger partial charge < -0.3 is 14.9 Å². The van der Waals surface area contributed by atoms with Gasteiger partial charge >= 0.3 is 0 Å². The Bertz CT molecular complexity index is 514. The summed E-state index contributed by atoms with van der Waals surface area (Å²) in [5.74, 6) is 2.14. The SMILES string of the molecule is CCCCCCC(C)Oc1ccc(C2CCCCC2CCCO)c(O)c1. The normalized spacial score (nSPS) is 21.5. The maximum absolute atomic E-state index is 10.6. The average Bonchev–Trinajstić information content (AvgIpc) is 2.64. The van der Waals surface area contributed by atoms with Gasteiger partial charge in [0.1, 0.15) is 11.5 Å². The summed E-state index contributed by atoms with van der Waals surface area (Å²) >= 11 is 0. The van der Waals surface area contributed by atoms with E-state index in [9.17, 15) is 5.11 Å². The summed E-state index contributed by atoms with van der Waals surface area (Å²) in [4.78, 5) is 0. The number of benzene rings is 1. The van der Waals surface area contributed by atoms with Crippen molar-refractivity contribution >= 4 is 0 Å². The first-order valence-electron chi connectivity index (χ1n) is 10.8. The van der Waals surface area contributed by atoms with Crippen molar-refractivity contribution in [2.45, 2.75) is 96.5 Å². The monoisotopic (exact) mass is 362 g/mol. The number of aromatic hydroxyl groups is 1. The van der Waals surface area contributed by atoms with E-state index in [1.807, 2.05) is 6.07 Å². The zero-order chi connectivity index (χ0) is 18.8. The summed E-state index contributed by atoms with van der Waals surface area (Å²) < 4.78 is 6.02. The first-order valence-corrected chi connectivity index (χ1v) is 10.8. The first kappa shape index (κ1) is 21.1. The van der Waals surface area contributed by atoms with Crippen LogP contribution in [0.25, 0.3) is 0 Å². The predicted octanol–water partition coefficient (Wildman–Crippen LogP) is 6.18. The highest BCUT2D eigenvalue weighted by molar-refractivity contribution is 5.42. The van der Waals surface area contributed by atoms with Gasteiger partial charge in [-0.25, -0.2) is 0 Å². The average molecular weight is 363 g/mol. The number of aliphatic hydroxyl groups is 1. The van der Waals surface area contributed by atoms with Gasteiger partial charge in [-0.05, 0) is 68.9 Å². The van der Waals surface area contributed by atoms with Gasteiger partial charge in [0.05, 0.1) is 6.10 Å². The fourth-order valence-electron chi connectivity index (χ4n) is 4.38. The number of hydrogen-bond donors (Lipinski definition) is 2. The van der Waals surface area contributed by atoms with Gasteiger partial charge in [0, 0.05) is 12.7 Å². The molecule has 0 amide bonds. The summed E-state index contributed by atoms with van der Waals surface area (Å²) in [7, 11) is 0. The number of rotatable bonds is 11. The fourth-order valence-corrected chi connectivity index (χ4v) is 4.38. The number of phenolic OH excluding ortho intramolecular Hbond substituents is 1. The van der Waals surface area contributed by atoms with E-state index in [0.717, 1.165) is 37.0 Å². The molecule has 3 atom stereocenters. The zero-order valence-corrected chi connectivity index (χ0v) is 16.8. The van der Waals surface area contributed by atoms with Crippen molar-refractivity contribution in [2.75, 3.05) is 6.61 Å². The molecule has 26 heavy (non-hydrogen) atoms. The fraction of sp³-hybridized carbons (Fsp3) is 0.739. The van der Waals surface area contributed by atoms with Crippen molar-refractivity contribution in [3.05, 3.63) is 23.8 Å². The van der Waals surface area contributed by atoms with Crippen LogP contribution < -0.4 is 4.74 Å². The zero-order valence-electron chi connectivity index (χ0n) is 16.8. The highest BCUT2D eigenvalue weighted by Gasteiger charge is 2.28. The maximum atomic E-state index is 10.6. The highest BCUT2D eigenvalue weighted by atomic mass is 16.5. The minimum atomic E-state index is 0.184. The summed E-state index contributed by atoms with van der Waals surface area (Å²) in [6.07, 6.45) is 13.0. The molecule has 1 aliphatic carbocycles. The molecule has 0 aliphatic heterocycles. The second-order valence-corrected chi connectivity index (χ2v) is 8.02. The van der Waals surface area contributed by atoms with Crippen LogP contribution in [-0.4, -0.2) is 22.9 Å². The van der Waals surface area contributed by atoms with E-state index in [1.165, 1.54) is 44.9 Å². The standard InChI is InChI=1S/C23H38O3/c1-3-4-5-6-10-18(2)26-20-14-15-22(23(25)17-20)21-13-8-7-11-19(21)12-9-16-24/h14-15,17-19,21,24-25H,3-13,16H2,1-2H3. The van der Waals surface area contributed by atoms with E-state index < -0.39 is 0 Å². The van der Waals surface area contributed by atoms with Gasteiger partial charge in [0.25, 0.3) is 0 Å². The molecule has 1 fully saturated rings. The van der Waals surface area contributed by atoms with Crippen LogP contribution in [0.4, 0.5) is 0 Å². The van der Waals surface area contributed by atoms with Crippen molar-refractivity contribution in [1.29, 1.82) is 0 Å². The summed E-state index contributed by atoms with van der Waals surface area (Å²) in [5.41, 5.74) is 1.07. The third-order valence-corrected chi connectivity index (χ3v) is 5.84. The number of hydrogen-bond acceptors (Lipinski definition) is 3. The van der Waals surface area contributed by atoms with Crippen LogP contribution >= 0.6 is 0 Å². The van der Waals surface area contributed by atoms with Crippen LogP contribution in [0, 0.1) is 5.92 Å². The molecule has 0 saturated heterocycles. The molecular formula is C23H38O3. The highest BCUT2D eigenvalue weighted by Crippen LogP contribution is 2.44. The molecule has 0 spiro atoms. The lowest BCUT2D eigenvalue weighted by Crippen LogP contribution is -2.18. The van der Waals surface area contributed by atoms with Crippen LogP contribution in [0.1, 0.15) is 96.0 Å².